The molecule has 2 aromatic rings. The number of carboxylic acid groups (broad SMARTS) is 1. The first-order valence-corrected chi connectivity index (χ1v) is 6.18. The maximum Gasteiger partial charge on any atom is 0.305 e. The van der Waals surface area contributed by atoms with Crippen LogP contribution in [0.5, 0.6) is 0 Å². The highest BCUT2D eigenvalue weighted by molar-refractivity contribution is 5.92. The highest BCUT2D eigenvalue weighted by Gasteiger charge is 1.99. The molecular formula is C15H14N2O3. The number of pyridine rings is 1. The third-order valence-electron chi connectivity index (χ3n) is 2.66. The van der Waals surface area contributed by atoms with Crippen LogP contribution in [0, 0.1) is 0 Å². The minimum absolute atomic E-state index is 0.0895. The Bertz CT molecular complexity index is 665. The zero-order valence-corrected chi connectivity index (χ0v) is 10.7. The van der Waals surface area contributed by atoms with Gasteiger partial charge in [-0.2, -0.15) is 0 Å². The van der Waals surface area contributed by atoms with Gasteiger partial charge < -0.3 is 10.4 Å². The number of hydrogen-bond acceptors (Lipinski definition) is 3. The van der Waals surface area contributed by atoms with Crippen LogP contribution in [-0.2, 0) is 9.59 Å². The summed E-state index contributed by atoms with van der Waals surface area (Å²) in [4.78, 5) is 26.1. The number of carbonyl (C=O) groups excluding carboxylic acids is 1. The molecule has 0 atom stereocenters. The Balaban J connectivity index is 1.98. The average Bonchev–Trinajstić information content (AvgIpc) is 2.44. The van der Waals surface area contributed by atoms with Gasteiger partial charge in [0.2, 0.25) is 5.91 Å². The van der Waals surface area contributed by atoms with Crippen LogP contribution in [0.3, 0.4) is 0 Å². The molecule has 1 heterocycles. The lowest BCUT2D eigenvalue weighted by atomic mass is 10.2. The fourth-order valence-corrected chi connectivity index (χ4v) is 1.69. The fraction of sp³-hybridized carbons (Fsp3) is 0.133. The first-order chi connectivity index (χ1) is 9.65. The van der Waals surface area contributed by atoms with Gasteiger partial charge in [-0.1, -0.05) is 24.3 Å². The second kappa shape index (κ2) is 6.47. The van der Waals surface area contributed by atoms with Crippen molar-refractivity contribution in [1.82, 2.24) is 10.3 Å². The van der Waals surface area contributed by atoms with Gasteiger partial charge in [-0.3, -0.25) is 9.59 Å². The lowest BCUT2D eigenvalue weighted by Crippen LogP contribution is -2.23. The summed E-state index contributed by atoms with van der Waals surface area (Å²) in [5.74, 6) is -1.27. The van der Waals surface area contributed by atoms with E-state index in [0.717, 1.165) is 10.9 Å². The molecule has 5 nitrogen and oxygen atoms in total. The fourth-order valence-electron chi connectivity index (χ4n) is 1.69. The van der Waals surface area contributed by atoms with Crippen LogP contribution in [0.15, 0.2) is 42.5 Å². The Morgan fingerprint density at radius 2 is 2.00 bits per heavy atom. The van der Waals surface area contributed by atoms with Crippen molar-refractivity contribution < 1.29 is 14.7 Å². The zero-order valence-electron chi connectivity index (χ0n) is 10.7. The lowest BCUT2D eigenvalue weighted by molar-refractivity contribution is -0.136. The van der Waals surface area contributed by atoms with Crippen molar-refractivity contribution in [2.75, 3.05) is 6.54 Å². The lowest BCUT2D eigenvalue weighted by Gasteiger charge is -1.99. The van der Waals surface area contributed by atoms with E-state index in [1.165, 1.54) is 6.08 Å². The van der Waals surface area contributed by atoms with Gasteiger partial charge in [0.05, 0.1) is 17.6 Å². The Morgan fingerprint density at radius 1 is 1.20 bits per heavy atom. The predicted octanol–water partition coefficient (Wildman–Crippen LogP) is 1.84. The third-order valence-corrected chi connectivity index (χ3v) is 2.66. The highest BCUT2D eigenvalue weighted by atomic mass is 16.4. The molecule has 102 valence electrons. The first-order valence-electron chi connectivity index (χ1n) is 6.18. The minimum atomic E-state index is -0.939. The largest absolute Gasteiger partial charge is 0.481 e. The van der Waals surface area contributed by atoms with Gasteiger partial charge in [0.15, 0.2) is 0 Å². The molecule has 0 unspecified atom stereocenters. The van der Waals surface area contributed by atoms with E-state index in [0.29, 0.717) is 5.69 Å². The molecule has 0 aliphatic rings. The maximum atomic E-state index is 11.4. The molecule has 0 spiro atoms. The van der Waals surface area contributed by atoms with Crippen LogP contribution < -0.4 is 5.32 Å². The SMILES string of the molecule is O=C(O)CCNC(=O)/C=C/c1ccc2ccccc2n1. The topological polar surface area (TPSA) is 79.3 Å². The van der Waals surface area contributed by atoms with Crippen molar-refractivity contribution in [3.8, 4) is 0 Å². The Kier molecular flexibility index (Phi) is 4.44. The molecule has 0 fully saturated rings. The molecule has 0 aliphatic carbocycles. The van der Waals surface area contributed by atoms with Crippen LogP contribution in [0.25, 0.3) is 17.0 Å². The number of carboxylic acids is 1. The molecule has 0 bridgehead atoms. The second-order valence-corrected chi connectivity index (χ2v) is 4.20. The monoisotopic (exact) mass is 270 g/mol. The molecule has 1 amide bonds. The summed E-state index contributed by atoms with van der Waals surface area (Å²) in [6.07, 6.45) is 2.86. The molecular weight excluding hydrogens is 256 g/mol. The smallest absolute Gasteiger partial charge is 0.305 e. The summed E-state index contributed by atoms with van der Waals surface area (Å²) in [6, 6.07) is 11.5. The quantitative estimate of drug-likeness (QED) is 0.812. The Morgan fingerprint density at radius 3 is 2.80 bits per heavy atom. The van der Waals surface area contributed by atoms with E-state index >= 15 is 0 Å². The number of nitrogens with one attached hydrogen (secondary N) is 1. The summed E-state index contributed by atoms with van der Waals surface area (Å²) in [5, 5.41) is 12.0. The van der Waals surface area contributed by atoms with Crippen molar-refractivity contribution >= 4 is 28.9 Å². The van der Waals surface area contributed by atoms with E-state index in [1.54, 1.807) is 6.08 Å². The van der Waals surface area contributed by atoms with E-state index in [1.807, 2.05) is 36.4 Å². The van der Waals surface area contributed by atoms with E-state index < -0.39 is 5.97 Å². The second-order valence-electron chi connectivity index (χ2n) is 4.20. The van der Waals surface area contributed by atoms with Crippen molar-refractivity contribution in [2.24, 2.45) is 0 Å². The number of aromatic nitrogens is 1. The average molecular weight is 270 g/mol. The maximum absolute atomic E-state index is 11.4. The van der Waals surface area contributed by atoms with Crippen LogP contribution in [0.1, 0.15) is 12.1 Å². The molecule has 0 saturated heterocycles. The molecule has 0 aliphatic heterocycles. The van der Waals surface area contributed by atoms with Crippen molar-refractivity contribution in [1.29, 1.82) is 0 Å². The molecule has 1 aromatic carbocycles. The number of rotatable bonds is 5. The highest BCUT2D eigenvalue weighted by Crippen LogP contribution is 2.12. The summed E-state index contributed by atoms with van der Waals surface area (Å²) in [5.41, 5.74) is 1.54. The number of aliphatic carboxylic acids is 1. The van der Waals surface area contributed by atoms with Gasteiger partial charge >= 0.3 is 5.97 Å². The summed E-state index contributed by atoms with van der Waals surface area (Å²) in [6.45, 7) is 0.115. The number of carbonyl (C=O) groups is 2. The number of amides is 1. The van der Waals surface area contributed by atoms with Gasteiger partial charge in [0, 0.05) is 18.0 Å². The van der Waals surface area contributed by atoms with Crippen LogP contribution in [0.2, 0.25) is 0 Å². The minimum Gasteiger partial charge on any atom is -0.481 e. The molecule has 0 saturated carbocycles. The van der Waals surface area contributed by atoms with Gasteiger partial charge in [0.25, 0.3) is 0 Å². The number of benzene rings is 1. The molecule has 5 heteroatoms. The molecule has 2 rings (SSSR count). The molecule has 20 heavy (non-hydrogen) atoms. The van der Waals surface area contributed by atoms with Gasteiger partial charge in [-0.05, 0) is 18.2 Å². The number of hydrogen-bond donors (Lipinski definition) is 2. The standard InChI is InChI=1S/C15H14N2O3/c18-14(16-10-9-15(19)20)8-7-12-6-5-11-3-1-2-4-13(11)17-12/h1-8H,9-10H2,(H,16,18)(H,19,20)/b8-7+. The first kappa shape index (κ1) is 13.7. The van der Waals surface area contributed by atoms with Crippen molar-refractivity contribution in [2.45, 2.75) is 6.42 Å². The van der Waals surface area contributed by atoms with Crippen molar-refractivity contribution in [3.05, 3.63) is 48.2 Å². The summed E-state index contributed by atoms with van der Waals surface area (Å²) >= 11 is 0. The summed E-state index contributed by atoms with van der Waals surface area (Å²) in [7, 11) is 0. The molecule has 2 N–H and O–H groups in total. The summed E-state index contributed by atoms with van der Waals surface area (Å²) < 4.78 is 0. The van der Waals surface area contributed by atoms with Crippen LogP contribution >= 0.6 is 0 Å². The van der Waals surface area contributed by atoms with E-state index in [-0.39, 0.29) is 18.9 Å². The van der Waals surface area contributed by atoms with Crippen LogP contribution in [0.4, 0.5) is 0 Å². The third kappa shape index (κ3) is 3.91. The van der Waals surface area contributed by atoms with Crippen LogP contribution in [-0.4, -0.2) is 28.5 Å². The van der Waals surface area contributed by atoms with E-state index in [2.05, 4.69) is 10.3 Å². The Hall–Kier alpha value is -2.69. The predicted molar refractivity (Wildman–Crippen MR) is 76.0 cm³/mol. The Labute approximate surface area is 115 Å². The number of nitrogens with zero attached hydrogens (tertiary/aromatic N) is 1. The number of fused-ring (bicyclic) bond motifs is 1. The van der Waals surface area contributed by atoms with Gasteiger partial charge in [-0.15, -0.1) is 0 Å². The van der Waals surface area contributed by atoms with Crippen molar-refractivity contribution in [3.63, 3.8) is 0 Å². The van der Waals surface area contributed by atoms with E-state index in [9.17, 15) is 9.59 Å². The molecule has 1 aromatic heterocycles. The van der Waals surface area contributed by atoms with Gasteiger partial charge in [-0.25, -0.2) is 4.98 Å². The van der Waals surface area contributed by atoms with Gasteiger partial charge in [0.1, 0.15) is 0 Å². The normalized spacial score (nSPS) is 10.8. The van der Waals surface area contributed by atoms with E-state index in [4.69, 9.17) is 5.11 Å². The molecule has 0 radical (unpaired) electrons. The number of para-hydroxylation sites is 1. The zero-order chi connectivity index (χ0) is 14.4.